The van der Waals surface area contributed by atoms with Gasteiger partial charge in [-0.1, -0.05) is 18.2 Å². The SMILES string of the molecule is CSc1ccccc1-c1ccc([N+](=O)[O-])cc1. The van der Waals surface area contributed by atoms with Crippen molar-refractivity contribution in [2.75, 3.05) is 6.26 Å². The minimum Gasteiger partial charge on any atom is -0.258 e. The van der Waals surface area contributed by atoms with Crippen LogP contribution in [-0.2, 0) is 0 Å². The minimum atomic E-state index is -0.385. The largest absolute Gasteiger partial charge is 0.269 e. The van der Waals surface area contributed by atoms with E-state index in [2.05, 4.69) is 0 Å². The fraction of sp³-hybridized carbons (Fsp3) is 0.0769. The summed E-state index contributed by atoms with van der Waals surface area (Å²) in [7, 11) is 0. The lowest BCUT2D eigenvalue weighted by molar-refractivity contribution is -0.384. The van der Waals surface area contributed by atoms with Crippen LogP contribution in [0, 0.1) is 10.1 Å². The molecule has 0 aromatic heterocycles. The highest BCUT2D eigenvalue weighted by molar-refractivity contribution is 7.98. The normalized spacial score (nSPS) is 10.2. The average molecular weight is 245 g/mol. The summed E-state index contributed by atoms with van der Waals surface area (Å²) < 4.78 is 0. The molecule has 86 valence electrons. The summed E-state index contributed by atoms with van der Waals surface area (Å²) in [6.07, 6.45) is 2.02. The van der Waals surface area contributed by atoms with Gasteiger partial charge in [0.25, 0.3) is 5.69 Å². The van der Waals surface area contributed by atoms with E-state index in [4.69, 9.17) is 0 Å². The standard InChI is InChI=1S/C13H11NO2S/c1-17-13-5-3-2-4-12(13)10-6-8-11(9-7-10)14(15)16/h2-9H,1H3. The van der Waals surface area contributed by atoms with Gasteiger partial charge in [0.05, 0.1) is 4.92 Å². The molecule has 0 saturated heterocycles. The van der Waals surface area contributed by atoms with E-state index in [1.54, 1.807) is 23.9 Å². The molecule has 0 aliphatic carbocycles. The van der Waals surface area contributed by atoms with E-state index in [0.29, 0.717) is 0 Å². The Morgan fingerprint density at radius 2 is 1.71 bits per heavy atom. The number of hydrogen-bond donors (Lipinski definition) is 0. The van der Waals surface area contributed by atoms with Crippen molar-refractivity contribution in [2.45, 2.75) is 4.90 Å². The van der Waals surface area contributed by atoms with Crippen LogP contribution in [-0.4, -0.2) is 11.2 Å². The molecule has 0 aliphatic rings. The van der Waals surface area contributed by atoms with Crippen molar-refractivity contribution in [1.29, 1.82) is 0 Å². The number of thioether (sulfide) groups is 1. The zero-order valence-electron chi connectivity index (χ0n) is 9.29. The number of nitro groups is 1. The first-order valence-corrected chi connectivity index (χ1v) is 6.32. The van der Waals surface area contributed by atoms with Crippen LogP contribution in [0.15, 0.2) is 53.4 Å². The summed E-state index contributed by atoms with van der Waals surface area (Å²) in [6, 6.07) is 14.7. The summed E-state index contributed by atoms with van der Waals surface area (Å²) in [5.41, 5.74) is 2.23. The van der Waals surface area contributed by atoms with Crippen molar-refractivity contribution in [1.82, 2.24) is 0 Å². The Morgan fingerprint density at radius 1 is 1.06 bits per heavy atom. The number of non-ortho nitro benzene ring substituents is 1. The Bertz CT molecular complexity index is 537. The lowest BCUT2D eigenvalue weighted by Gasteiger charge is -2.06. The maximum Gasteiger partial charge on any atom is 0.269 e. The molecule has 0 radical (unpaired) electrons. The van der Waals surface area contributed by atoms with Crippen LogP contribution in [0.4, 0.5) is 5.69 Å². The van der Waals surface area contributed by atoms with E-state index >= 15 is 0 Å². The smallest absolute Gasteiger partial charge is 0.258 e. The zero-order valence-corrected chi connectivity index (χ0v) is 10.1. The first-order valence-electron chi connectivity index (χ1n) is 5.10. The average Bonchev–Trinajstić information content (AvgIpc) is 2.39. The monoisotopic (exact) mass is 245 g/mol. The summed E-state index contributed by atoms with van der Waals surface area (Å²) in [4.78, 5) is 11.4. The second-order valence-corrected chi connectivity index (χ2v) is 4.35. The van der Waals surface area contributed by atoms with E-state index in [9.17, 15) is 10.1 Å². The van der Waals surface area contributed by atoms with Gasteiger partial charge in [-0.05, 0) is 35.6 Å². The molecule has 0 spiro atoms. The second-order valence-electron chi connectivity index (χ2n) is 3.50. The fourth-order valence-corrected chi connectivity index (χ4v) is 2.27. The van der Waals surface area contributed by atoms with Crippen molar-refractivity contribution in [3.63, 3.8) is 0 Å². The first-order chi connectivity index (χ1) is 8.22. The van der Waals surface area contributed by atoms with Crippen LogP contribution >= 0.6 is 11.8 Å². The summed E-state index contributed by atoms with van der Waals surface area (Å²) in [6.45, 7) is 0. The molecule has 2 aromatic rings. The van der Waals surface area contributed by atoms with Crippen LogP contribution in [0.1, 0.15) is 0 Å². The molecule has 0 unspecified atom stereocenters. The third-order valence-electron chi connectivity index (χ3n) is 2.50. The third kappa shape index (κ3) is 2.47. The molecular formula is C13H11NO2S. The number of nitro benzene ring substituents is 1. The number of hydrogen-bond acceptors (Lipinski definition) is 3. The highest BCUT2D eigenvalue weighted by Crippen LogP contribution is 2.30. The van der Waals surface area contributed by atoms with Crippen molar-refractivity contribution >= 4 is 17.4 Å². The molecule has 2 aromatic carbocycles. The minimum absolute atomic E-state index is 0.121. The summed E-state index contributed by atoms with van der Waals surface area (Å²) >= 11 is 1.67. The lowest BCUT2D eigenvalue weighted by Crippen LogP contribution is -1.87. The van der Waals surface area contributed by atoms with Gasteiger partial charge in [-0.3, -0.25) is 10.1 Å². The fourth-order valence-electron chi connectivity index (χ4n) is 1.65. The van der Waals surface area contributed by atoms with Gasteiger partial charge in [-0.15, -0.1) is 11.8 Å². The first kappa shape index (κ1) is 11.7. The van der Waals surface area contributed by atoms with Crippen molar-refractivity contribution < 1.29 is 4.92 Å². The Labute approximate surface area is 104 Å². The van der Waals surface area contributed by atoms with Gasteiger partial charge in [-0.2, -0.15) is 0 Å². The van der Waals surface area contributed by atoms with Gasteiger partial charge in [0.15, 0.2) is 0 Å². The molecule has 3 nitrogen and oxygen atoms in total. The van der Waals surface area contributed by atoms with Crippen LogP contribution < -0.4 is 0 Å². The van der Waals surface area contributed by atoms with Gasteiger partial charge in [0.1, 0.15) is 0 Å². The highest BCUT2D eigenvalue weighted by Gasteiger charge is 2.07. The third-order valence-corrected chi connectivity index (χ3v) is 3.29. The van der Waals surface area contributed by atoms with E-state index < -0.39 is 0 Å². The molecule has 0 amide bonds. The molecule has 0 fully saturated rings. The quantitative estimate of drug-likeness (QED) is 0.466. The van der Waals surface area contributed by atoms with Gasteiger partial charge in [0, 0.05) is 17.0 Å². The molecule has 0 atom stereocenters. The van der Waals surface area contributed by atoms with Crippen molar-refractivity contribution in [3.8, 4) is 11.1 Å². The Kier molecular flexibility index (Phi) is 3.44. The lowest BCUT2D eigenvalue weighted by atomic mass is 10.1. The van der Waals surface area contributed by atoms with Gasteiger partial charge in [0.2, 0.25) is 0 Å². The predicted octanol–water partition coefficient (Wildman–Crippen LogP) is 3.98. The van der Waals surface area contributed by atoms with Crippen LogP contribution in [0.2, 0.25) is 0 Å². The number of nitrogens with zero attached hydrogens (tertiary/aromatic N) is 1. The maximum absolute atomic E-state index is 10.6. The van der Waals surface area contributed by atoms with Crippen LogP contribution in [0.5, 0.6) is 0 Å². The van der Waals surface area contributed by atoms with Crippen molar-refractivity contribution in [2.24, 2.45) is 0 Å². The zero-order chi connectivity index (χ0) is 12.3. The maximum atomic E-state index is 10.6. The highest BCUT2D eigenvalue weighted by atomic mass is 32.2. The van der Waals surface area contributed by atoms with Crippen LogP contribution in [0.3, 0.4) is 0 Å². The van der Waals surface area contributed by atoms with Crippen molar-refractivity contribution in [3.05, 3.63) is 58.6 Å². The molecule has 0 saturated carbocycles. The van der Waals surface area contributed by atoms with Gasteiger partial charge >= 0.3 is 0 Å². The number of rotatable bonds is 3. The Balaban J connectivity index is 2.43. The van der Waals surface area contributed by atoms with Gasteiger partial charge < -0.3 is 0 Å². The van der Waals surface area contributed by atoms with E-state index in [1.165, 1.54) is 17.0 Å². The van der Waals surface area contributed by atoms with Crippen LogP contribution in [0.25, 0.3) is 11.1 Å². The molecule has 0 bridgehead atoms. The predicted molar refractivity (Wildman–Crippen MR) is 70.3 cm³/mol. The molecule has 2 rings (SSSR count). The Hall–Kier alpha value is -1.81. The van der Waals surface area contributed by atoms with Gasteiger partial charge in [-0.25, -0.2) is 0 Å². The Morgan fingerprint density at radius 3 is 2.29 bits per heavy atom. The molecule has 0 heterocycles. The molecule has 4 heteroatoms. The van der Waals surface area contributed by atoms with E-state index in [-0.39, 0.29) is 10.6 Å². The second kappa shape index (κ2) is 5.01. The number of benzene rings is 2. The van der Waals surface area contributed by atoms with E-state index in [0.717, 1.165) is 11.1 Å². The summed E-state index contributed by atoms with van der Waals surface area (Å²) in [5.74, 6) is 0. The topological polar surface area (TPSA) is 43.1 Å². The molecule has 0 N–H and O–H groups in total. The molecule has 17 heavy (non-hydrogen) atoms. The van der Waals surface area contributed by atoms with E-state index in [1.807, 2.05) is 30.5 Å². The summed E-state index contributed by atoms with van der Waals surface area (Å²) in [5, 5.41) is 10.6. The molecule has 0 aliphatic heterocycles. The molecular weight excluding hydrogens is 234 g/mol.